The van der Waals surface area contributed by atoms with Crippen molar-refractivity contribution in [3.05, 3.63) is 12.7 Å². The molecule has 0 amide bonds. The van der Waals surface area contributed by atoms with E-state index in [1.165, 1.54) is 0 Å². The second kappa shape index (κ2) is 3.98. The van der Waals surface area contributed by atoms with Crippen LogP contribution < -0.4 is 0 Å². The van der Waals surface area contributed by atoms with Gasteiger partial charge in [0.25, 0.3) is 0 Å². The normalized spacial score (nSPS) is 48.3. The number of fused-ring (bicyclic) bond motifs is 1. The van der Waals surface area contributed by atoms with Gasteiger partial charge < -0.3 is 19.3 Å². The lowest BCUT2D eigenvalue weighted by Gasteiger charge is -2.43. The highest BCUT2D eigenvalue weighted by Gasteiger charge is 2.41. The van der Waals surface area contributed by atoms with Crippen molar-refractivity contribution >= 4 is 0 Å². The minimum atomic E-state index is -0.483. The van der Waals surface area contributed by atoms with Crippen molar-refractivity contribution in [1.82, 2.24) is 0 Å². The van der Waals surface area contributed by atoms with Crippen LogP contribution in [0.3, 0.4) is 0 Å². The van der Waals surface area contributed by atoms with Gasteiger partial charge in [-0.25, -0.2) is 0 Å². The van der Waals surface area contributed by atoms with E-state index < -0.39 is 6.10 Å². The van der Waals surface area contributed by atoms with E-state index in [1.54, 1.807) is 6.08 Å². The van der Waals surface area contributed by atoms with Crippen LogP contribution in [0, 0.1) is 0 Å². The molecule has 0 radical (unpaired) electrons. The Morgan fingerprint density at radius 2 is 2.21 bits per heavy atom. The lowest BCUT2D eigenvalue weighted by molar-refractivity contribution is -0.296. The first-order chi connectivity index (χ1) is 6.70. The molecular formula is C10H16O4. The maximum Gasteiger partial charge on any atom is 0.155 e. The lowest BCUT2D eigenvalue weighted by atomic mass is 9.97. The van der Waals surface area contributed by atoms with Crippen molar-refractivity contribution in [2.45, 2.75) is 44.1 Å². The predicted molar refractivity (Wildman–Crippen MR) is 49.8 cm³/mol. The summed E-state index contributed by atoms with van der Waals surface area (Å²) in [6, 6.07) is 0. The zero-order valence-electron chi connectivity index (χ0n) is 8.26. The van der Waals surface area contributed by atoms with Crippen LogP contribution in [0.1, 0.15) is 13.3 Å². The third kappa shape index (κ3) is 1.83. The summed E-state index contributed by atoms with van der Waals surface area (Å²) >= 11 is 0. The quantitative estimate of drug-likeness (QED) is 0.624. The van der Waals surface area contributed by atoms with Gasteiger partial charge in [-0.15, -0.1) is 6.58 Å². The Morgan fingerprint density at radius 3 is 2.93 bits per heavy atom. The monoisotopic (exact) mass is 200 g/mol. The molecule has 0 bridgehead atoms. The minimum Gasteiger partial charge on any atom is -0.390 e. The molecule has 0 aromatic carbocycles. The molecule has 80 valence electrons. The summed E-state index contributed by atoms with van der Waals surface area (Å²) in [4.78, 5) is 0. The summed E-state index contributed by atoms with van der Waals surface area (Å²) in [6.45, 7) is 5.95. The third-order valence-electron chi connectivity index (χ3n) is 2.68. The van der Waals surface area contributed by atoms with E-state index in [-0.39, 0.29) is 24.6 Å². The second-order valence-corrected chi connectivity index (χ2v) is 3.75. The van der Waals surface area contributed by atoms with Gasteiger partial charge in [-0.1, -0.05) is 6.08 Å². The van der Waals surface area contributed by atoms with Crippen molar-refractivity contribution in [3.63, 3.8) is 0 Å². The smallest absolute Gasteiger partial charge is 0.155 e. The van der Waals surface area contributed by atoms with Gasteiger partial charge >= 0.3 is 0 Å². The van der Waals surface area contributed by atoms with E-state index in [4.69, 9.17) is 14.2 Å². The van der Waals surface area contributed by atoms with Crippen molar-refractivity contribution in [2.24, 2.45) is 0 Å². The second-order valence-electron chi connectivity index (χ2n) is 3.75. The molecule has 2 saturated heterocycles. The molecule has 5 atom stereocenters. The molecular weight excluding hydrogens is 184 g/mol. The molecule has 2 heterocycles. The van der Waals surface area contributed by atoms with E-state index >= 15 is 0 Å². The van der Waals surface area contributed by atoms with Crippen molar-refractivity contribution < 1.29 is 19.3 Å². The van der Waals surface area contributed by atoms with Gasteiger partial charge in [0.2, 0.25) is 0 Å². The summed E-state index contributed by atoms with van der Waals surface area (Å²) < 4.78 is 16.4. The summed E-state index contributed by atoms with van der Waals surface area (Å²) in [7, 11) is 0. The topological polar surface area (TPSA) is 47.9 Å². The highest BCUT2D eigenvalue weighted by molar-refractivity contribution is 4.94. The van der Waals surface area contributed by atoms with E-state index in [0.29, 0.717) is 13.0 Å². The summed E-state index contributed by atoms with van der Waals surface area (Å²) in [6.07, 6.45) is 1.01. The summed E-state index contributed by atoms with van der Waals surface area (Å²) in [5.74, 6) is 0. The molecule has 0 unspecified atom stereocenters. The van der Waals surface area contributed by atoms with Gasteiger partial charge in [0.05, 0.1) is 18.8 Å². The van der Waals surface area contributed by atoms with Crippen LogP contribution in [0.25, 0.3) is 0 Å². The van der Waals surface area contributed by atoms with E-state index in [9.17, 15) is 5.11 Å². The lowest BCUT2D eigenvalue weighted by Crippen LogP contribution is -2.55. The summed E-state index contributed by atoms with van der Waals surface area (Å²) in [5.41, 5.74) is 0. The Balaban J connectivity index is 2.03. The number of aliphatic hydroxyl groups is 1. The molecule has 2 rings (SSSR count). The Bertz CT molecular complexity index is 218. The first-order valence-corrected chi connectivity index (χ1v) is 4.94. The van der Waals surface area contributed by atoms with Crippen LogP contribution in [0.4, 0.5) is 0 Å². The minimum absolute atomic E-state index is 0.0909. The molecule has 4 heteroatoms. The SMILES string of the molecule is C=C[C@@H]1C[C@H](O)[C@@H]2O[C@H](C)OC[C@H]2O1. The van der Waals surface area contributed by atoms with Crippen LogP contribution in [0.5, 0.6) is 0 Å². The number of rotatable bonds is 1. The van der Waals surface area contributed by atoms with Crippen LogP contribution in [-0.4, -0.2) is 42.4 Å². The average molecular weight is 200 g/mol. The predicted octanol–water partition coefficient (Wildman–Crippen LogP) is 0.452. The molecule has 4 nitrogen and oxygen atoms in total. The maximum absolute atomic E-state index is 9.82. The Kier molecular flexibility index (Phi) is 2.88. The summed E-state index contributed by atoms with van der Waals surface area (Å²) in [5, 5.41) is 9.82. The molecule has 0 aromatic heterocycles. The van der Waals surface area contributed by atoms with Crippen LogP contribution in [0.2, 0.25) is 0 Å². The van der Waals surface area contributed by atoms with Gasteiger partial charge in [0, 0.05) is 6.42 Å². The maximum atomic E-state index is 9.82. The first kappa shape index (κ1) is 10.1. The van der Waals surface area contributed by atoms with Crippen LogP contribution in [0.15, 0.2) is 12.7 Å². The molecule has 14 heavy (non-hydrogen) atoms. The molecule has 0 aromatic rings. The molecule has 1 N–H and O–H groups in total. The van der Waals surface area contributed by atoms with Gasteiger partial charge in [0.15, 0.2) is 6.29 Å². The fourth-order valence-corrected chi connectivity index (χ4v) is 1.93. The number of hydrogen-bond donors (Lipinski definition) is 1. The number of hydrogen-bond acceptors (Lipinski definition) is 4. The zero-order valence-corrected chi connectivity index (χ0v) is 8.26. The third-order valence-corrected chi connectivity index (χ3v) is 2.68. The fraction of sp³-hybridized carbons (Fsp3) is 0.800. The highest BCUT2D eigenvalue weighted by Crippen LogP contribution is 2.27. The van der Waals surface area contributed by atoms with Gasteiger partial charge in [-0.3, -0.25) is 0 Å². The Morgan fingerprint density at radius 1 is 1.43 bits per heavy atom. The number of ether oxygens (including phenoxy) is 3. The first-order valence-electron chi connectivity index (χ1n) is 4.94. The Hall–Kier alpha value is -0.420. The molecule has 0 spiro atoms. The zero-order chi connectivity index (χ0) is 10.1. The molecule has 2 fully saturated rings. The molecule has 2 aliphatic heterocycles. The largest absolute Gasteiger partial charge is 0.390 e. The standard InChI is InChI=1S/C10H16O4/c1-3-7-4-8(11)10-9(14-7)5-12-6(2)13-10/h3,6-11H,1,4-5H2,2H3/t6-,7-,8+,9-,10+/m1/s1. The van der Waals surface area contributed by atoms with Crippen molar-refractivity contribution in [1.29, 1.82) is 0 Å². The number of aliphatic hydroxyl groups excluding tert-OH is 1. The van der Waals surface area contributed by atoms with E-state index in [1.807, 2.05) is 6.92 Å². The van der Waals surface area contributed by atoms with E-state index in [2.05, 4.69) is 6.58 Å². The van der Waals surface area contributed by atoms with Crippen molar-refractivity contribution in [2.75, 3.05) is 6.61 Å². The van der Waals surface area contributed by atoms with E-state index in [0.717, 1.165) is 0 Å². The van der Waals surface area contributed by atoms with Gasteiger partial charge in [0.1, 0.15) is 12.2 Å². The Labute approximate surface area is 83.5 Å². The van der Waals surface area contributed by atoms with Gasteiger partial charge in [-0.05, 0) is 6.92 Å². The fourth-order valence-electron chi connectivity index (χ4n) is 1.93. The molecule has 0 saturated carbocycles. The average Bonchev–Trinajstić information content (AvgIpc) is 2.19. The van der Waals surface area contributed by atoms with Crippen LogP contribution >= 0.6 is 0 Å². The van der Waals surface area contributed by atoms with Crippen molar-refractivity contribution in [3.8, 4) is 0 Å². The van der Waals surface area contributed by atoms with Gasteiger partial charge in [-0.2, -0.15) is 0 Å². The molecule has 2 aliphatic rings. The highest BCUT2D eigenvalue weighted by atomic mass is 16.7. The van der Waals surface area contributed by atoms with Crippen LogP contribution in [-0.2, 0) is 14.2 Å². The molecule has 0 aliphatic carbocycles.